The molecular weight excluding hydrogens is 380 g/mol. The molecule has 0 radical (unpaired) electrons. The first-order valence-electron chi connectivity index (χ1n) is 10.5. The molecule has 0 saturated carbocycles. The van der Waals surface area contributed by atoms with Gasteiger partial charge in [0.2, 0.25) is 5.91 Å². The summed E-state index contributed by atoms with van der Waals surface area (Å²) < 4.78 is 1.22. The Morgan fingerprint density at radius 1 is 0.931 bits per heavy atom. The van der Waals surface area contributed by atoms with Gasteiger partial charge in [-0.15, -0.1) is 0 Å². The molecule has 2 aromatic carbocycles. The third kappa shape index (κ3) is 5.26. The maximum Gasteiger partial charge on any atom is 0.222 e. The smallest absolute Gasteiger partial charge is 0.222 e. The van der Waals surface area contributed by atoms with Crippen LogP contribution < -0.4 is 10.2 Å². The zero-order chi connectivity index (χ0) is 19.9. The van der Waals surface area contributed by atoms with Gasteiger partial charge in [-0.3, -0.25) is 4.79 Å². The first-order chi connectivity index (χ1) is 14.3. The molecular formula is C23H28N4OS. The number of carbonyl (C=O) groups excluding carboxylic acids is 1. The molecule has 0 aliphatic carbocycles. The summed E-state index contributed by atoms with van der Waals surface area (Å²) in [5.74, 6) is 0.303. The fraction of sp³-hybridized carbons (Fsp3) is 0.391. The number of para-hydroxylation sites is 2. The molecule has 1 saturated heterocycles. The Hall–Kier alpha value is -2.60. The van der Waals surface area contributed by atoms with Crippen molar-refractivity contribution >= 4 is 38.3 Å². The van der Waals surface area contributed by atoms with Crippen molar-refractivity contribution in [2.75, 3.05) is 42.9 Å². The second-order valence-corrected chi connectivity index (χ2v) is 8.46. The summed E-state index contributed by atoms with van der Waals surface area (Å²) in [6, 6.07) is 18.7. The van der Waals surface area contributed by atoms with E-state index in [-0.39, 0.29) is 0 Å². The quantitative estimate of drug-likeness (QED) is 0.553. The van der Waals surface area contributed by atoms with E-state index in [0.717, 1.165) is 62.6 Å². The number of aromatic nitrogens is 1. The molecule has 6 heteroatoms. The van der Waals surface area contributed by atoms with Crippen molar-refractivity contribution in [1.29, 1.82) is 0 Å². The van der Waals surface area contributed by atoms with Gasteiger partial charge in [0.1, 0.15) is 0 Å². The normalized spacial score (nSPS) is 14.3. The zero-order valence-corrected chi connectivity index (χ0v) is 17.5. The lowest BCUT2D eigenvalue weighted by molar-refractivity contribution is -0.131. The van der Waals surface area contributed by atoms with Crippen LogP contribution in [0, 0.1) is 0 Å². The van der Waals surface area contributed by atoms with Crippen LogP contribution in [0.1, 0.15) is 25.7 Å². The van der Waals surface area contributed by atoms with Gasteiger partial charge >= 0.3 is 0 Å². The standard InChI is InChI=1S/C23H28N4OS/c28-22(27-17-15-26(16-18-27)19-9-3-1-4-10-19)13-5-2-8-14-24-23-25-20-11-6-7-12-21(20)29-23/h1,3-4,6-7,9-12H,2,5,8,13-18H2,(H,24,25). The maximum absolute atomic E-state index is 12.5. The SMILES string of the molecule is O=C(CCCCCNc1nc2ccccc2s1)N1CCN(c2ccccc2)CC1. The van der Waals surface area contributed by atoms with Crippen LogP contribution in [0.25, 0.3) is 10.2 Å². The molecule has 0 unspecified atom stereocenters. The molecule has 1 amide bonds. The summed E-state index contributed by atoms with van der Waals surface area (Å²) >= 11 is 1.70. The molecule has 1 fully saturated rings. The summed E-state index contributed by atoms with van der Waals surface area (Å²) in [6.45, 7) is 4.40. The van der Waals surface area contributed by atoms with E-state index in [1.54, 1.807) is 11.3 Å². The van der Waals surface area contributed by atoms with Gasteiger partial charge in [-0.1, -0.05) is 48.1 Å². The minimum atomic E-state index is 0.303. The number of anilines is 2. The molecule has 0 bridgehead atoms. The molecule has 1 aliphatic rings. The highest BCUT2D eigenvalue weighted by molar-refractivity contribution is 7.22. The van der Waals surface area contributed by atoms with E-state index < -0.39 is 0 Å². The molecule has 29 heavy (non-hydrogen) atoms. The molecule has 1 aliphatic heterocycles. The molecule has 4 rings (SSSR count). The number of benzene rings is 2. The highest BCUT2D eigenvalue weighted by atomic mass is 32.1. The summed E-state index contributed by atoms with van der Waals surface area (Å²) in [4.78, 5) is 21.5. The number of nitrogens with one attached hydrogen (secondary N) is 1. The van der Waals surface area contributed by atoms with E-state index in [9.17, 15) is 4.79 Å². The average molecular weight is 409 g/mol. The van der Waals surface area contributed by atoms with E-state index in [0.29, 0.717) is 12.3 Å². The largest absolute Gasteiger partial charge is 0.368 e. The minimum Gasteiger partial charge on any atom is -0.368 e. The van der Waals surface area contributed by atoms with Crippen LogP contribution in [0.5, 0.6) is 0 Å². The first kappa shape index (κ1) is 19.7. The van der Waals surface area contributed by atoms with Crippen molar-refractivity contribution in [3.63, 3.8) is 0 Å². The summed E-state index contributed by atoms with van der Waals surface area (Å²) in [5, 5.41) is 4.40. The van der Waals surface area contributed by atoms with Crippen LogP contribution in [0.4, 0.5) is 10.8 Å². The van der Waals surface area contributed by atoms with Gasteiger partial charge in [0.25, 0.3) is 0 Å². The average Bonchev–Trinajstić information content (AvgIpc) is 3.19. The van der Waals surface area contributed by atoms with Gasteiger partial charge < -0.3 is 15.1 Å². The summed E-state index contributed by atoms with van der Waals surface area (Å²) in [6.07, 6.45) is 3.74. The molecule has 0 spiro atoms. The van der Waals surface area contributed by atoms with E-state index >= 15 is 0 Å². The first-order valence-corrected chi connectivity index (χ1v) is 11.3. The van der Waals surface area contributed by atoms with Gasteiger partial charge in [-0.25, -0.2) is 4.98 Å². The zero-order valence-electron chi connectivity index (χ0n) is 16.7. The van der Waals surface area contributed by atoms with Crippen LogP contribution in [0.15, 0.2) is 54.6 Å². The maximum atomic E-state index is 12.5. The van der Waals surface area contributed by atoms with Gasteiger partial charge in [0, 0.05) is 44.8 Å². The van der Waals surface area contributed by atoms with Gasteiger partial charge in [0.15, 0.2) is 5.13 Å². The number of unbranched alkanes of at least 4 members (excludes halogenated alkanes) is 2. The van der Waals surface area contributed by atoms with Crippen molar-refractivity contribution in [2.24, 2.45) is 0 Å². The summed E-state index contributed by atoms with van der Waals surface area (Å²) in [5.41, 5.74) is 2.30. The third-order valence-electron chi connectivity index (χ3n) is 5.39. The van der Waals surface area contributed by atoms with E-state index in [2.05, 4.69) is 45.5 Å². The monoisotopic (exact) mass is 408 g/mol. The van der Waals surface area contributed by atoms with Gasteiger partial charge in [0.05, 0.1) is 10.2 Å². The van der Waals surface area contributed by atoms with Crippen LogP contribution in [0.2, 0.25) is 0 Å². The van der Waals surface area contributed by atoms with Crippen LogP contribution in [-0.2, 0) is 4.79 Å². The molecule has 1 N–H and O–H groups in total. The van der Waals surface area contributed by atoms with Crippen molar-refractivity contribution in [1.82, 2.24) is 9.88 Å². The number of rotatable bonds is 8. The molecule has 1 aromatic heterocycles. The molecule has 0 atom stereocenters. The highest BCUT2D eigenvalue weighted by Gasteiger charge is 2.20. The highest BCUT2D eigenvalue weighted by Crippen LogP contribution is 2.25. The number of thiazole rings is 1. The Kier molecular flexibility index (Phi) is 6.62. The number of amides is 1. The molecule has 3 aromatic rings. The van der Waals surface area contributed by atoms with Crippen molar-refractivity contribution in [2.45, 2.75) is 25.7 Å². The van der Waals surface area contributed by atoms with E-state index in [4.69, 9.17) is 0 Å². The summed E-state index contributed by atoms with van der Waals surface area (Å²) in [7, 11) is 0. The lowest BCUT2D eigenvalue weighted by Gasteiger charge is -2.36. The Balaban J connectivity index is 1.10. The number of hydrogen-bond donors (Lipinski definition) is 1. The van der Waals surface area contributed by atoms with Crippen molar-refractivity contribution in [3.05, 3.63) is 54.6 Å². The molecule has 5 nitrogen and oxygen atoms in total. The number of hydrogen-bond acceptors (Lipinski definition) is 5. The van der Waals surface area contributed by atoms with Crippen LogP contribution in [-0.4, -0.2) is 48.5 Å². The van der Waals surface area contributed by atoms with Crippen LogP contribution >= 0.6 is 11.3 Å². The molecule has 2 heterocycles. The number of fused-ring (bicyclic) bond motifs is 1. The fourth-order valence-electron chi connectivity index (χ4n) is 3.73. The van der Waals surface area contributed by atoms with Crippen molar-refractivity contribution in [3.8, 4) is 0 Å². The van der Waals surface area contributed by atoms with Gasteiger partial charge in [-0.05, 0) is 37.1 Å². The van der Waals surface area contributed by atoms with Crippen molar-refractivity contribution < 1.29 is 4.79 Å². The Bertz CT molecular complexity index is 886. The van der Waals surface area contributed by atoms with E-state index in [1.807, 2.05) is 29.2 Å². The number of piperazine rings is 1. The predicted molar refractivity (Wildman–Crippen MR) is 122 cm³/mol. The fourth-order valence-corrected chi connectivity index (χ4v) is 4.62. The Morgan fingerprint density at radius 2 is 1.69 bits per heavy atom. The second-order valence-electron chi connectivity index (χ2n) is 7.43. The third-order valence-corrected chi connectivity index (χ3v) is 6.39. The number of carbonyl (C=O) groups is 1. The lowest BCUT2D eigenvalue weighted by Crippen LogP contribution is -2.48. The minimum absolute atomic E-state index is 0.303. The van der Waals surface area contributed by atoms with E-state index in [1.165, 1.54) is 10.4 Å². The van der Waals surface area contributed by atoms with Crippen LogP contribution in [0.3, 0.4) is 0 Å². The lowest BCUT2D eigenvalue weighted by atomic mass is 10.1. The Labute approximate surface area is 176 Å². The van der Waals surface area contributed by atoms with Gasteiger partial charge in [-0.2, -0.15) is 0 Å². The Morgan fingerprint density at radius 3 is 2.48 bits per heavy atom. The number of nitrogens with zero attached hydrogens (tertiary/aromatic N) is 3. The second kappa shape index (κ2) is 9.74. The predicted octanol–water partition coefficient (Wildman–Crippen LogP) is 4.62. The molecule has 152 valence electrons. The topological polar surface area (TPSA) is 48.5 Å².